The highest BCUT2D eigenvalue weighted by molar-refractivity contribution is 7.14. The van der Waals surface area contributed by atoms with E-state index in [1.165, 1.54) is 17.7 Å². The van der Waals surface area contributed by atoms with Crippen LogP contribution in [0.25, 0.3) is 0 Å². The van der Waals surface area contributed by atoms with Gasteiger partial charge in [0.25, 0.3) is 5.91 Å². The van der Waals surface area contributed by atoms with E-state index in [4.69, 9.17) is 0 Å². The standard InChI is InChI=1S/C13H20N2OS/c1-2-11-5-6-12(17-11)13(16)15-9-7-10-4-3-8-14-10/h5-6,10,14H,2-4,7-9H2,1H3,(H,15,16)/t10-/m1/s1. The largest absolute Gasteiger partial charge is 0.351 e. The van der Waals surface area contributed by atoms with Crippen molar-refractivity contribution < 1.29 is 4.79 Å². The molecule has 1 amide bonds. The van der Waals surface area contributed by atoms with Crippen molar-refractivity contribution >= 4 is 17.2 Å². The number of nitrogens with one attached hydrogen (secondary N) is 2. The van der Waals surface area contributed by atoms with Gasteiger partial charge in [0, 0.05) is 17.5 Å². The molecule has 0 saturated carbocycles. The average Bonchev–Trinajstić information content (AvgIpc) is 2.99. The summed E-state index contributed by atoms with van der Waals surface area (Å²) in [4.78, 5) is 13.9. The van der Waals surface area contributed by atoms with Crippen molar-refractivity contribution in [3.05, 3.63) is 21.9 Å². The molecule has 94 valence electrons. The third-order valence-corrected chi connectivity index (χ3v) is 4.40. The van der Waals surface area contributed by atoms with E-state index in [2.05, 4.69) is 17.6 Å². The number of thiophene rings is 1. The Balaban J connectivity index is 1.72. The highest BCUT2D eigenvalue weighted by Gasteiger charge is 2.14. The lowest BCUT2D eigenvalue weighted by Crippen LogP contribution is -2.30. The summed E-state index contributed by atoms with van der Waals surface area (Å²) in [5.41, 5.74) is 0. The summed E-state index contributed by atoms with van der Waals surface area (Å²) in [6.45, 7) is 4.01. The van der Waals surface area contributed by atoms with E-state index in [-0.39, 0.29) is 5.91 Å². The van der Waals surface area contributed by atoms with E-state index in [1.807, 2.05) is 12.1 Å². The lowest BCUT2D eigenvalue weighted by atomic mass is 10.1. The maximum absolute atomic E-state index is 11.8. The van der Waals surface area contributed by atoms with Crippen molar-refractivity contribution in [1.82, 2.24) is 10.6 Å². The highest BCUT2D eigenvalue weighted by atomic mass is 32.1. The topological polar surface area (TPSA) is 41.1 Å². The molecule has 1 atom stereocenters. The predicted molar refractivity (Wildman–Crippen MR) is 71.7 cm³/mol. The van der Waals surface area contributed by atoms with Crippen LogP contribution in [0.3, 0.4) is 0 Å². The first-order valence-corrected chi connectivity index (χ1v) is 7.21. The van der Waals surface area contributed by atoms with Crippen LogP contribution in [-0.2, 0) is 6.42 Å². The van der Waals surface area contributed by atoms with Gasteiger partial charge < -0.3 is 10.6 Å². The molecule has 0 aliphatic carbocycles. The zero-order valence-electron chi connectivity index (χ0n) is 10.3. The normalized spacial score (nSPS) is 19.5. The molecule has 0 unspecified atom stereocenters. The smallest absolute Gasteiger partial charge is 0.261 e. The summed E-state index contributed by atoms with van der Waals surface area (Å²) in [6.07, 6.45) is 4.56. The second-order valence-electron chi connectivity index (χ2n) is 4.46. The van der Waals surface area contributed by atoms with Crippen molar-refractivity contribution in [3.63, 3.8) is 0 Å². The fraction of sp³-hybridized carbons (Fsp3) is 0.615. The van der Waals surface area contributed by atoms with Gasteiger partial charge in [-0.1, -0.05) is 6.92 Å². The molecule has 3 nitrogen and oxygen atoms in total. The fourth-order valence-electron chi connectivity index (χ4n) is 2.14. The minimum atomic E-state index is 0.0766. The number of amides is 1. The number of aryl methyl sites for hydroxylation is 1. The van der Waals surface area contributed by atoms with Crippen LogP contribution in [-0.4, -0.2) is 25.0 Å². The van der Waals surface area contributed by atoms with Crippen LogP contribution in [0.4, 0.5) is 0 Å². The van der Waals surface area contributed by atoms with Crippen LogP contribution in [0.15, 0.2) is 12.1 Å². The zero-order chi connectivity index (χ0) is 12.1. The van der Waals surface area contributed by atoms with Gasteiger partial charge in [0.05, 0.1) is 4.88 Å². The van der Waals surface area contributed by atoms with Crippen molar-refractivity contribution in [2.75, 3.05) is 13.1 Å². The lowest BCUT2D eigenvalue weighted by molar-refractivity contribution is 0.0956. The van der Waals surface area contributed by atoms with E-state index in [0.29, 0.717) is 6.04 Å². The molecule has 0 bridgehead atoms. The summed E-state index contributed by atoms with van der Waals surface area (Å²) in [5.74, 6) is 0.0766. The Kier molecular flexibility index (Phi) is 4.57. The first-order valence-electron chi connectivity index (χ1n) is 6.40. The summed E-state index contributed by atoms with van der Waals surface area (Å²) >= 11 is 1.60. The number of carbonyl (C=O) groups is 1. The van der Waals surface area contributed by atoms with Crippen LogP contribution in [0.2, 0.25) is 0 Å². The minimum absolute atomic E-state index is 0.0766. The van der Waals surface area contributed by atoms with Crippen molar-refractivity contribution in [1.29, 1.82) is 0 Å². The van der Waals surface area contributed by atoms with Gasteiger partial charge >= 0.3 is 0 Å². The quantitative estimate of drug-likeness (QED) is 0.843. The summed E-state index contributed by atoms with van der Waals surface area (Å²) < 4.78 is 0. The van der Waals surface area contributed by atoms with E-state index in [1.54, 1.807) is 11.3 Å². The maximum Gasteiger partial charge on any atom is 0.261 e. The maximum atomic E-state index is 11.8. The minimum Gasteiger partial charge on any atom is -0.351 e. The molecule has 1 aromatic rings. The van der Waals surface area contributed by atoms with Gasteiger partial charge in [-0.15, -0.1) is 11.3 Å². The molecule has 1 fully saturated rings. The summed E-state index contributed by atoms with van der Waals surface area (Å²) in [6, 6.07) is 4.56. The number of hydrogen-bond acceptors (Lipinski definition) is 3. The second-order valence-corrected chi connectivity index (χ2v) is 5.63. The van der Waals surface area contributed by atoms with Crippen LogP contribution in [0.1, 0.15) is 40.7 Å². The van der Waals surface area contributed by atoms with Gasteiger partial charge in [-0.05, 0) is 44.4 Å². The van der Waals surface area contributed by atoms with Crippen LogP contribution in [0, 0.1) is 0 Å². The molecule has 1 aliphatic rings. The Labute approximate surface area is 107 Å². The lowest BCUT2D eigenvalue weighted by Gasteiger charge is -2.10. The first kappa shape index (κ1) is 12.6. The van der Waals surface area contributed by atoms with E-state index < -0.39 is 0 Å². The number of rotatable bonds is 5. The summed E-state index contributed by atoms with van der Waals surface area (Å²) in [5, 5.41) is 6.43. The van der Waals surface area contributed by atoms with Gasteiger partial charge in [-0.2, -0.15) is 0 Å². The molecule has 2 N–H and O–H groups in total. The SMILES string of the molecule is CCc1ccc(C(=O)NCC[C@H]2CCCN2)s1. The first-order chi connectivity index (χ1) is 8.29. The van der Waals surface area contributed by atoms with E-state index in [9.17, 15) is 4.79 Å². The van der Waals surface area contributed by atoms with Gasteiger partial charge in [0.2, 0.25) is 0 Å². The predicted octanol–water partition coefficient (Wildman–Crippen LogP) is 2.18. The summed E-state index contributed by atoms with van der Waals surface area (Å²) in [7, 11) is 0. The average molecular weight is 252 g/mol. The molecule has 2 heterocycles. The Morgan fingerprint density at radius 3 is 3.12 bits per heavy atom. The Bertz CT molecular complexity index is 369. The van der Waals surface area contributed by atoms with Gasteiger partial charge in [0.15, 0.2) is 0 Å². The molecule has 2 rings (SSSR count). The monoisotopic (exact) mass is 252 g/mol. The molecule has 4 heteroatoms. The van der Waals surface area contributed by atoms with Gasteiger partial charge in [-0.25, -0.2) is 0 Å². The molecule has 0 aromatic carbocycles. The highest BCUT2D eigenvalue weighted by Crippen LogP contribution is 2.16. The molecular weight excluding hydrogens is 232 g/mol. The Morgan fingerprint density at radius 1 is 1.59 bits per heavy atom. The van der Waals surface area contributed by atoms with Gasteiger partial charge in [0.1, 0.15) is 0 Å². The molecular formula is C13H20N2OS. The van der Waals surface area contributed by atoms with E-state index >= 15 is 0 Å². The van der Waals surface area contributed by atoms with Crippen LogP contribution in [0.5, 0.6) is 0 Å². The van der Waals surface area contributed by atoms with Crippen LogP contribution >= 0.6 is 11.3 Å². The Morgan fingerprint density at radius 2 is 2.47 bits per heavy atom. The Hall–Kier alpha value is -0.870. The molecule has 0 radical (unpaired) electrons. The molecule has 0 spiro atoms. The fourth-order valence-corrected chi connectivity index (χ4v) is 3.00. The third-order valence-electron chi connectivity index (χ3n) is 3.17. The third kappa shape index (κ3) is 3.54. The molecule has 17 heavy (non-hydrogen) atoms. The molecule has 1 saturated heterocycles. The molecule has 1 aliphatic heterocycles. The number of hydrogen-bond donors (Lipinski definition) is 2. The van der Waals surface area contributed by atoms with Crippen molar-refractivity contribution in [3.8, 4) is 0 Å². The van der Waals surface area contributed by atoms with E-state index in [0.717, 1.165) is 30.8 Å². The van der Waals surface area contributed by atoms with Crippen LogP contribution < -0.4 is 10.6 Å². The van der Waals surface area contributed by atoms with Gasteiger partial charge in [-0.3, -0.25) is 4.79 Å². The zero-order valence-corrected chi connectivity index (χ0v) is 11.1. The number of carbonyl (C=O) groups excluding carboxylic acids is 1. The van der Waals surface area contributed by atoms with Crippen molar-refractivity contribution in [2.24, 2.45) is 0 Å². The second kappa shape index (κ2) is 6.17. The van der Waals surface area contributed by atoms with Crippen molar-refractivity contribution in [2.45, 2.75) is 38.6 Å². The molecule has 1 aromatic heterocycles.